The molecule has 0 heterocycles. The Hall–Kier alpha value is -4.38. The number of nitrogens with zero attached hydrogens (tertiary/aromatic N) is 2. The van der Waals surface area contributed by atoms with Gasteiger partial charge < -0.3 is 9.47 Å². The highest BCUT2D eigenvalue weighted by Gasteiger charge is 2.72. The van der Waals surface area contributed by atoms with Crippen molar-refractivity contribution < 1.29 is 35.8 Å². The molecule has 0 N–H and O–H groups in total. The third-order valence-electron chi connectivity index (χ3n) is 8.30. The maximum Gasteiger partial charge on any atom is 0.411 e. The molecule has 250 valence electrons. The number of alkyl halides is 7. The normalized spacial score (nSPS) is 12.9. The highest BCUT2D eigenvalue weighted by atomic mass is 35.5. The molecule has 0 aliphatic carbocycles. The van der Waals surface area contributed by atoms with Gasteiger partial charge in [-0.1, -0.05) is 74.0 Å². The van der Waals surface area contributed by atoms with Crippen molar-refractivity contribution >= 4 is 23.2 Å². The summed E-state index contributed by atoms with van der Waals surface area (Å²) in [6.07, 6.45) is -11.5. The number of benzene rings is 4. The molecular weight excluding hydrogens is 677 g/mol. The summed E-state index contributed by atoms with van der Waals surface area (Å²) in [4.78, 5) is -0.874. The van der Waals surface area contributed by atoms with E-state index < -0.39 is 39.9 Å². The number of rotatable bonds is 10. The summed E-state index contributed by atoms with van der Waals surface area (Å²) >= 11 is 12.8. The summed E-state index contributed by atoms with van der Waals surface area (Å²) < 4.78 is 100. The lowest BCUT2D eigenvalue weighted by atomic mass is 9.73. The SMILES string of the molecule is CCC(Cl)(CC)c1cccc(Oc2ccc(C(c3ccc(OC(C)c4cccc(Cl)c4C#N)cc3)(C(F)(F)F)C(F)(F)F)cc2)c1C#N. The maximum absolute atomic E-state index is 14.8. The molecule has 0 radical (unpaired) electrons. The Kier molecular flexibility index (Phi) is 10.6. The fourth-order valence-corrected chi connectivity index (χ4v) is 6.05. The van der Waals surface area contributed by atoms with E-state index in [-0.39, 0.29) is 33.4 Å². The van der Waals surface area contributed by atoms with Gasteiger partial charge >= 0.3 is 12.4 Å². The summed E-state index contributed by atoms with van der Waals surface area (Å²) in [5.74, 6) is -0.0638. The van der Waals surface area contributed by atoms with Crippen LogP contribution in [0.4, 0.5) is 26.3 Å². The Morgan fingerprint density at radius 3 is 1.69 bits per heavy atom. The number of hydrogen-bond acceptors (Lipinski definition) is 4. The summed E-state index contributed by atoms with van der Waals surface area (Å²) in [6, 6.07) is 20.2. The average molecular weight is 706 g/mol. The van der Waals surface area contributed by atoms with Gasteiger partial charge in [0.2, 0.25) is 5.41 Å². The number of halogens is 8. The molecule has 4 aromatic rings. The smallest absolute Gasteiger partial charge is 0.411 e. The van der Waals surface area contributed by atoms with Crippen molar-refractivity contribution in [3.8, 4) is 29.4 Å². The van der Waals surface area contributed by atoms with Crippen LogP contribution in [0.15, 0.2) is 84.9 Å². The Morgan fingerprint density at radius 2 is 1.21 bits per heavy atom. The summed E-state index contributed by atoms with van der Waals surface area (Å²) in [6.45, 7) is 5.27. The topological polar surface area (TPSA) is 66.0 Å². The van der Waals surface area contributed by atoms with Crippen LogP contribution in [-0.2, 0) is 10.3 Å². The van der Waals surface area contributed by atoms with Crippen LogP contribution >= 0.6 is 23.2 Å². The molecule has 4 rings (SSSR count). The molecule has 0 bridgehead atoms. The van der Waals surface area contributed by atoms with Crippen molar-refractivity contribution in [3.05, 3.63) is 123 Å². The minimum absolute atomic E-state index is 0.0280. The van der Waals surface area contributed by atoms with E-state index in [1.54, 1.807) is 31.2 Å². The predicted molar refractivity (Wildman–Crippen MR) is 170 cm³/mol. The molecule has 0 aromatic heterocycles. The van der Waals surface area contributed by atoms with Crippen LogP contribution in [-0.4, -0.2) is 12.4 Å². The molecule has 48 heavy (non-hydrogen) atoms. The molecule has 12 heteroatoms. The molecule has 0 aliphatic heterocycles. The first-order valence-corrected chi connectivity index (χ1v) is 15.4. The van der Waals surface area contributed by atoms with E-state index in [1.165, 1.54) is 12.1 Å². The lowest BCUT2D eigenvalue weighted by molar-refractivity contribution is -0.288. The van der Waals surface area contributed by atoms with Crippen LogP contribution in [0.25, 0.3) is 0 Å². The second kappa shape index (κ2) is 14.0. The van der Waals surface area contributed by atoms with Gasteiger partial charge in [0.15, 0.2) is 0 Å². The quantitative estimate of drug-likeness (QED) is 0.122. The van der Waals surface area contributed by atoms with E-state index in [0.29, 0.717) is 48.2 Å². The van der Waals surface area contributed by atoms with Gasteiger partial charge in [0.25, 0.3) is 0 Å². The minimum atomic E-state index is -5.82. The predicted octanol–water partition coefficient (Wildman–Crippen LogP) is 11.7. The Bertz CT molecular complexity index is 1830. The van der Waals surface area contributed by atoms with Crippen molar-refractivity contribution in [1.29, 1.82) is 10.5 Å². The van der Waals surface area contributed by atoms with Crippen LogP contribution in [0, 0.1) is 22.7 Å². The highest BCUT2D eigenvalue weighted by Crippen LogP contribution is 2.56. The first-order valence-electron chi connectivity index (χ1n) is 14.7. The van der Waals surface area contributed by atoms with Gasteiger partial charge in [0, 0.05) is 5.56 Å². The second-order valence-corrected chi connectivity index (χ2v) is 12.1. The Morgan fingerprint density at radius 1 is 0.708 bits per heavy atom. The lowest BCUT2D eigenvalue weighted by Gasteiger charge is -2.38. The third kappa shape index (κ3) is 6.65. The zero-order chi connectivity index (χ0) is 35.5. The molecule has 0 spiro atoms. The molecule has 0 saturated carbocycles. The van der Waals surface area contributed by atoms with Crippen LogP contribution in [0.3, 0.4) is 0 Å². The van der Waals surface area contributed by atoms with Crippen molar-refractivity contribution in [3.63, 3.8) is 0 Å². The molecular formula is C36H28Cl2F6N2O2. The fourth-order valence-electron chi connectivity index (χ4n) is 5.67. The van der Waals surface area contributed by atoms with E-state index in [1.807, 2.05) is 19.9 Å². The molecule has 0 aliphatic rings. The monoisotopic (exact) mass is 704 g/mol. The van der Waals surface area contributed by atoms with Crippen LogP contribution < -0.4 is 9.47 Å². The van der Waals surface area contributed by atoms with Crippen molar-refractivity contribution in [1.82, 2.24) is 0 Å². The van der Waals surface area contributed by atoms with Crippen LogP contribution in [0.5, 0.6) is 17.2 Å². The highest BCUT2D eigenvalue weighted by molar-refractivity contribution is 6.31. The summed E-state index contributed by atoms with van der Waals surface area (Å²) in [7, 11) is 0. The number of ether oxygens (including phenoxy) is 2. The van der Waals surface area contributed by atoms with E-state index in [9.17, 15) is 36.9 Å². The fraction of sp³-hybridized carbons (Fsp3) is 0.278. The summed E-state index contributed by atoms with van der Waals surface area (Å²) in [5.41, 5.74) is -5.47. The van der Waals surface area contributed by atoms with E-state index >= 15 is 0 Å². The van der Waals surface area contributed by atoms with Gasteiger partial charge in [0.05, 0.1) is 21.0 Å². The standard InChI is InChI=1S/C36H28Cl2F6N2O2/c1-4-33(38,5-2)30-9-7-11-32(29(30)21-46)48-26-18-14-24(15-19-26)34(35(39,40)41,36(42,43)44)23-12-16-25(17-13-23)47-22(3)27-8-6-10-31(37)28(27)20-45/h6-19,22H,4-5H2,1-3H3. The van der Waals surface area contributed by atoms with E-state index in [2.05, 4.69) is 6.07 Å². The van der Waals surface area contributed by atoms with Crippen molar-refractivity contribution in [2.45, 2.75) is 62.4 Å². The van der Waals surface area contributed by atoms with Gasteiger partial charge in [-0.25, -0.2) is 0 Å². The minimum Gasteiger partial charge on any atom is -0.486 e. The van der Waals surface area contributed by atoms with E-state index in [4.69, 9.17) is 32.7 Å². The number of nitriles is 2. The molecule has 4 nitrogen and oxygen atoms in total. The zero-order valence-corrected chi connectivity index (χ0v) is 27.3. The van der Waals surface area contributed by atoms with Gasteiger partial charge in [-0.2, -0.15) is 36.9 Å². The Labute approximate surface area is 284 Å². The maximum atomic E-state index is 14.8. The Balaban J connectivity index is 1.72. The molecule has 0 fully saturated rings. The van der Waals surface area contributed by atoms with Gasteiger partial charge in [-0.05, 0) is 72.9 Å². The summed E-state index contributed by atoms with van der Waals surface area (Å²) in [5, 5.41) is 19.5. The molecule has 1 unspecified atom stereocenters. The zero-order valence-electron chi connectivity index (χ0n) is 25.8. The van der Waals surface area contributed by atoms with Crippen molar-refractivity contribution in [2.24, 2.45) is 0 Å². The van der Waals surface area contributed by atoms with Crippen LogP contribution in [0.1, 0.15) is 73.1 Å². The third-order valence-corrected chi connectivity index (χ3v) is 9.36. The van der Waals surface area contributed by atoms with E-state index in [0.717, 1.165) is 24.3 Å². The first kappa shape index (κ1) is 36.5. The van der Waals surface area contributed by atoms with Gasteiger partial charge in [-0.15, -0.1) is 11.6 Å². The van der Waals surface area contributed by atoms with Crippen LogP contribution in [0.2, 0.25) is 5.02 Å². The molecule has 0 amide bonds. The molecule has 0 saturated heterocycles. The molecule has 4 aromatic carbocycles. The molecule has 1 atom stereocenters. The lowest BCUT2D eigenvalue weighted by Crippen LogP contribution is -2.54. The second-order valence-electron chi connectivity index (χ2n) is 10.9. The van der Waals surface area contributed by atoms with Crippen molar-refractivity contribution in [2.75, 3.05) is 0 Å². The average Bonchev–Trinajstić information content (AvgIpc) is 3.04. The van der Waals surface area contributed by atoms with Gasteiger partial charge in [0.1, 0.15) is 35.5 Å². The number of hydrogen-bond donors (Lipinski definition) is 0. The largest absolute Gasteiger partial charge is 0.486 e. The first-order chi connectivity index (χ1) is 22.6. The van der Waals surface area contributed by atoms with Gasteiger partial charge in [-0.3, -0.25) is 0 Å².